The molecule has 0 amide bonds. The number of hydrogen-bond acceptors (Lipinski definition) is 4. The second-order valence-electron chi connectivity index (χ2n) is 4.23. The number of nitrogens with one attached hydrogen (secondary N) is 1. The van der Waals surface area contributed by atoms with Crippen LogP contribution in [0.2, 0.25) is 0 Å². The number of rotatable bonds is 6. The number of anilines is 1. The third-order valence-corrected chi connectivity index (χ3v) is 4.64. The third kappa shape index (κ3) is 3.12. The number of nitrogens with zero attached hydrogens (tertiary/aromatic N) is 2. The Hall–Kier alpha value is -0.870. The fourth-order valence-corrected chi connectivity index (χ4v) is 2.82. The molecule has 0 aliphatic rings. The van der Waals surface area contributed by atoms with Gasteiger partial charge in [-0.05, 0) is 25.3 Å². The van der Waals surface area contributed by atoms with Crippen LogP contribution in [0.5, 0.6) is 0 Å². The fourth-order valence-electron chi connectivity index (χ4n) is 1.77. The first-order valence-corrected chi connectivity index (χ1v) is 7.61. The van der Waals surface area contributed by atoms with Gasteiger partial charge in [-0.1, -0.05) is 13.8 Å². The molecule has 0 aliphatic carbocycles. The molecule has 2 aromatic rings. The van der Waals surface area contributed by atoms with E-state index in [1.807, 2.05) is 0 Å². The van der Waals surface area contributed by atoms with E-state index in [0.29, 0.717) is 0 Å². The first-order valence-electron chi connectivity index (χ1n) is 6.36. The van der Waals surface area contributed by atoms with Gasteiger partial charge < -0.3 is 5.32 Å². The van der Waals surface area contributed by atoms with Crippen molar-refractivity contribution in [3.8, 4) is 0 Å². The SMILES string of the molecule is CCc1cc2c(NCCC(Cl)CC)ncnc2s1. The molecule has 0 saturated carbocycles. The van der Waals surface area contributed by atoms with E-state index >= 15 is 0 Å². The van der Waals surface area contributed by atoms with Crippen molar-refractivity contribution in [1.82, 2.24) is 9.97 Å². The van der Waals surface area contributed by atoms with Crippen molar-refractivity contribution >= 4 is 39.0 Å². The molecule has 0 bridgehead atoms. The molecule has 18 heavy (non-hydrogen) atoms. The van der Waals surface area contributed by atoms with Crippen LogP contribution in [-0.4, -0.2) is 21.9 Å². The van der Waals surface area contributed by atoms with E-state index in [0.717, 1.165) is 41.8 Å². The van der Waals surface area contributed by atoms with Crippen LogP contribution >= 0.6 is 22.9 Å². The molecule has 0 aliphatic heterocycles. The molecule has 0 radical (unpaired) electrons. The van der Waals surface area contributed by atoms with E-state index in [1.54, 1.807) is 17.7 Å². The summed E-state index contributed by atoms with van der Waals surface area (Å²) in [6.45, 7) is 5.11. The molecule has 0 saturated heterocycles. The number of aryl methyl sites for hydroxylation is 1. The van der Waals surface area contributed by atoms with Gasteiger partial charge in [-0.2, -0.15) is 0 Å². The van der Waals surface area contributed by atoms with E-state index in [-0.39, 0.29) is 5.38 Å². The predicted octanol–water partition coefficient (Wildman–Crippen LogP) is 4.07. The van der Waals surface area contributed by atoms with Crippen LogP contribution in [0.25, 0.3) is 10.2 Å². The van der Waals surface area contributed by atoms with Gasteiger partial charge in [0.15, 0.2) is 0 Å². The normalized spacial score (nSPS) is 12.8. The fraction of sp³-hybridized carbons (Fsp3) is 0.538. The Bertz CT molecular complexity index is 512. The summed E-state index contributed by atoms with van der Waals surface area (Å²) in [7, 11) is 0. The minimum absolute atomic E-state index is 0.239. The summed E-state index contributed by atoms with van der Waals surface area (Å²) in [5, 5.41) is 4.73. The van der Waals surface area contributed by atoms with Crippen LogP contribution < -0.4 is 5.32 Å². The van der Waals surface area contributed by atoms with Crippen LogP contribution in [0.4, 0.5) is 5.82 Å². The third-order valence-electron chi connectivity index (χ3n) is 2.92. The van der Waals surface area contributed by atoms with E-state index in [2.05, 4.69) is 35.2 Å². The molecule has 1 unspecified atom stereocenters. The average molecular weight is 284 g/mol. The Morgan fingerprint density at radius 2 is 2.22 bits per heavy atom. The summed E-state index contributed by atoms with van der Waals surface area (Å²) in [6.07, 6.45) is 4.62. The molecule has 0 fully saturated rings. The first kappa shape index (κ1) is 13.6. The second kappa shape index (κ2) is 6.34. The van der Waals surface area contributed by atoms with Gasteiger partial charge in [-0.15, -0.1) is 22.9 Å². The van der Waals surface area contributed by atoms with E-state index in [9.17, 15) is 0 Å². The standard InChI is InChI=1S/C13H18ClN3S/c1-3-9(14)5-6-15-12-11-7-10(4-2)18-13(11)17-8-16-12/h7-9H,3-6H2,1-2H3,(H,15,16,17). The number of alkyl halides is 1. The van der Waals surface area contributed by atoms with Crippen LogP contribution in [0.3, 0.4) is 0 Å². The summed E-state index contributed by atoms with van der Waals surface area (Å²) in [5.74, 6) is 0.927. The Kier molecular flexibility index (Phi) is 4.78. The molecule has 3 nitrogen and oxygen atoms in total. The molecule has 1 N–H and O–H groups in total. The molecule has 98 valence electrons. The van der Waals surface area contributed by atoms with Crippen molar-refractivity contribution in [2.24, 2.45) is 0 Å². The predicted molar refractivity (Wildman–Crippen MR) is 79.8 cm³/mol. The lowest BCUT2D eigenvalue weighted by Gasteiger charge is -2.08. The lowest BCUT2D eigenvalue weighted by Crippen LogP contribution is -2.09. The topological polar surface area (TPSA) is 37.8 Å². The molecule has 0 aromatic carbocycles. The Labute approximate surface area is 117 Å². The van der Waals surface area contributed by atoms with Crippen LogP contribution in [0, 0.1) is 0 Å². The summed E-state index contributed by atoms with van der Waals surface area (Å²) >= 11 is 7.84. The lowest BCUT2D eigenvalue weighted by molar-refractivity contribution is 0.752. The van der Waals surface area contributed by atoms with Crippen molar-refractivity contribution in [1.29, 1.82) is 0 Å². The molecule has 2 rings (SSSR count). The van der Waals surface area contributed by atoms with Crippen molar-refractivity contribution in [2.75, 3.05) is 11.9 Å². The summed E-state index contributed by atoms with van der Waals surface area (Å²) in [5.41, 5.74) is 0. The van der Waals surface area contributed by atoms with Gasteiger partial charge in [-0.25, -0.2) is 9.97 Å². The average Bonchev–Trinajstić information content (AvgIpc) is 2.82. The molecule has 0 spiro atoms. The number of aromatic nitrogens is 2. The highest BCUT2D eigenvalue weighted by atomic mass is 35.5. The minimum Gasteiger partial charge on any atom is -0.369 e. The largest absolute Gasteiger partial charge is 0.369 e. The van der Waals surface area contributed by atoms with Gasteiger partial charge in [0.05, 0.1) is 5.39 Å². The van der Waals surface area contributed by atoms with Crippen LogP contribution in [-0.2, 0) is 6.42 Å². The van der Waals surface area contributed by atoms with Crippen LogP contribution in [0.1, 0.15) is 31.6 Å². The molecule has 5 heteroatoms. The maximum atomic E-state index is 6.11. The first-order chi connectivity index (χ1) is 8.74. The van der Waals surface area contributed by atoms with Gasteiger partial charge in [0.1, 0.15) is 17.0 Å². The molecular formula is C13H18ClN3S. The monoisotopic (exact) mass is 283 g/mol. The maximum Gasteiger partial charge on any atom is 0.138 e. The summed E-state index contributed by atoms with van der Waals surface area (Å²) in [4.78, 5) is 11.0. The molecule has 2 heterocycles. The zero-order valence-corrected chi connectivity index (χ0v) is 12.3. The molecular weight excluding hydrogens is 266 g/mol. The van der Waals surface area contributed by atoms with Gasteiger partial charge in [0.25, 0.3) is 0 Å². The van der Waals surface area contributed by atoms with E-state index < -0.39 is 0 Å². The van der Waals surface area contributed by atoms with Gasteiger partial charge in [0, 0.05) is 16.8 Å². The van der Waals surface area contributed by atoms with Gasteiger partial charge >= 0.3 is 0 Å². The number of hydrogen-bond donors (Lipinski definition) is 1. The Morgan fingerprint density at radius 3 is 2.94 bits per heavy atom. The molecule has 1 atom stereocenters. The second-order valence-corrected chi connectivity index (χ2v) is 5.96. The summed E-state index contributed by atoms with van der Waals surface area (Å²) in [6, 6.07) is 2.18. The molecule has 2 aromatic heterocycles. The minimum atomic E-state index is 0.239. The zero-order chi connectivity index (χ0) is 13.0. The van der Waals surface area contributed by atoms with Gasteiger partial charge in [0.2, 0.25) is 0 Å². The van der Waals surface area contributed by atoms with Crippen molar-refractivity contribution in [3.63, 3.8) is 0 Å². The highest BCUT2D eigenvalue weighted by molar-refractivity contribution is 7.18. The Morgan fingerprint density at radius 1 is 1.39 bits per heavy atom. The number of fused-ring (bicyclic) bond motifs is 1. The van der Waals surface area contributed by atoms with Crippen molar-refractivity contribution < 1.29 is 0 Å². The highest BCUT2D eigenvalue weighted by Crippen LogP contribution is 2.28. The highest BCUT2D eigenvalue weighted by Gasteiger charge is 2.08. The maximum absolute atomic E-state index is 6.11. The number of thiophene rings is 1. The van der Waals surface area contributed by atoms with Crippen molar-refractivity contribution in [2.45, 2.75) is 38.5 Å². The van der Waals surface area contributed by atoms with Crippen molar-refractivity contribution in [3.05, 3.63) is 17.3 Å². The van der Waals surface area contributed by atoms with E-state index in [4.69, 9.17) is 11.6 Å². The van der Waals surface area contributed by atoms with Crippen LogP contribution in [0.15, 0.2) is 12.4 Å². The van der Waals surface area contributed by atoms with Gasteiger partial charge in [-0.3, -0.25) is 0 Å². The van der Waals surface area contributed by atoms with E-state index in [1.165, 1.54) is 4.88 Å². The zero-order valence-electron chi connectivity index (χ0n) is 10.7. The lowest BCUT2D eigenvalue weighted by atomic mass is 10.2. The smallest absolute Gasteiger partial charge is 0.138 e. The Balaban J connectivity index is 2.10. The quantitative estimate of drug-likeness (QED) is 0.812. The summed E-state index contributed by atoms with van der Waals surface area (Å²) < 4.78 is 0. The number of halogens is 1.